The number of hydrogen-bond donors (Lipinski definition) is 0. The lowest BCUT2D eigenvalue weighted by Gasteiger charge is -2.13. The monoisotopic (exact) mass is 253 g/mol. The minimum Gasteiger partial charge on any atom is -0.378 e. The zero-order valence-corrected chi connectivity index (χ0v) is 11.2. The molecule has 1 aromatic carbocycles. The number of fused-ring (bicyclic) bond motifs is 1. The van der Waals surface area contributed by atoms with E-state index in [0.29, 0.717) is 5.78 Å². The fraction of sp³-hybridized carbons (Fsp3) is 0.214. The summed E-state index contributed by atoms with van der Waals surface area (Å²) >= 11 is 0. The highest BCUT2D eigenvalue weighted by atomic mass is 15.3. The van der Waals surface area contributed by atoms with Gasteiger partial charge in [0.1, 0.15) is 5.82 Å². The molecule has 19 heavy (non-hydrogen) atoms. The van der Waals surface area contributed by atoms with Crippen molar-refractivity contribution in [3.8, 4) is 11.1 Å². The zero-order chi connectivity index (χ0) is 13.4. The largest absolute Gasteiger partial charge is 0.378 e. The molecule has 3 rings (SSSR count). The lowest BCUT2D eigenvalue weighted by Crippen LogP contribution is -2.08. The molecular weight excluding hydrogens is 238 g/mol. The molecule has 2 aromatic heterocycles. The first-order valence-electron chi connectivity index (χ1n) is 6.10. The van der Waals surface area contributed by atoms with Crippen molar-refractivity contribution in [2.45, 2.75) is 6.92 Å². The molecule has 0 aliphatic carbocycles. The first-order valence-corrected chi connectivity index (χ1v) is 6.10. The highest BCUT2D eigenvalue weighted by Gasteiger charge is 2.06. The molecule has 96 valence electrons. The van der Waals surface area contributed by atoms with Crippen LogP contribution in [-0.4, -0.2) is 33.7 Å². The van der Waals surface area contributed by atoms with Gasteiger partial charge in [-0.15, -0.1) is 10.2 Å². The van der Waals surface area contributed by atoms with Crippen LogP contribution in [0.15, 0.2) is 36.7 Å². The second-order valence-electron chi connectivity index (χ2n) is 4.70. The van der Waals surface area contributed by atoms with Gasteiger partial charge in [-0.05, 0) is 24.6 Å². The second kappa shape index (κ2) is 4.35. The average molecular weight is 253 g/mol. The van der Waals surface area contributed by atoms with Crippen molar-refractivity contribution in [3.63, 3.8) is 0 Å². The number of anilines is 1. The number of nitrogens with zero attached hydrogens (tertiary/aromatic N) is 5. The number of benzene rings is 1. The number of rotatable bonds is 2. The van der Waals surface area contributed by atoms with Gasteiger partial charge >= 0.3 is 0 Å². The van der Waals surface area contributed by atoms with Gasteiger partial charge in [-0.25, -0.2) is 4.98 Å². The lowest BCUT2D eigenvalue weighted by molar-refractivity contribution is 1.00. The summed E-state index contributed by atoms with van der Waals surface area (Å²) in [4.78, 5) is 6.41. The molecule has 3 aromatic rings. The van der Waals surface area contributed by atoms with Crippen molar-refractivity contribution in [3.05, 3.63) is 42.5 Å². The van der Waals surface area contributed by atoms with Gasteiger partial charge < -0.3 is 4.90 Å². The Morgan fingerprint density at radius 2 is 1.95 bits per heavy atom. The van der Waals surface area contributed by atoms with Gasteiger partial charge in [-0.2, -0.15) is 0 Å². The van der Waals surface area contributed by atoms with Crippen LogP contribution >= 0.6 is 0 Å². The highest BCUT2D eigenvalue weighted by Crippen LogP contribution is 2.23. The number of aryl methyl sites for hydroxylation is 1. The maximum Gasteiger partial charge on any atom is 0.254 e. The summed E-state index contributed by atoms with van der Waals surface area (Å²) in [5, 5.41) is 8.01. The summed E-state index contributed by atoms with van der Waals surface area (Å²) in [7, 11) is 4.06. The highest BCUT2D eigenvalue weighted by molar-refractivity contribution is 5.67. The molecule has 0 spiro atoms. The summed E-state index contributed by atoms with van der Waals surface area (Å²) in [5.74, 6) is 1.47. The van der Waals surface area contributed by atoms with Gasteiger partial charge in [-0.1, -0.05) is 12.1 Å². The molecule has 0 bridgehead atoms. The van der Waals surface area contributed by atoms with Crippen LogP contribution in [0.3, 0.4) is 0 Å². The first kappa shape index (κ1) is 11.6. The third-order valence-corrected chi connectivity index (χ3v) is 3.13. The van der Waals surface area contributed by atoms with Gasteiger partial charge in [0.15, 0.2) is 0 Å². The van der Waals surface area contributed by atoms with Crippen LogP contribution < -0.4 is 4.90 Å². The maximum absolute atomic E-state index is 4.33. The first-order chi connectivity index (χ1) is 9.15. The summed E-state index contributed by atoms with van der Waals surface area (Å²) < 4.78 is 1.90. The van der Waals surface area contributed by atoms with Gasteiger partial charge in [0.25, 0.3) is 5.78 Å². The molecule has 0 aliphatic rings. The van der Waals surface area contributed by atoms with Gasteiger partial charge in [0, 0.05) is 37.7 Å². The van der Waals surface area contributed by atoms with Crippen molar-refractivity contribution < 1.29 is 0 Å². The molecule has 0 radical (unpaired) electrons. The van der Waals surface area contributed by atoms with E-state index < -0.39 is 0 Å². The van der Waals surface area contributed by atoms with Crippen molar-refractivity contribution in [1.82, 2.24) is 19.6 Å². The standard InChI is InChI=1S/C14H15N5/c1-10-16-17-14-15-8-12(9-19(10)14)11-5-4-6-13(7-11)18(2)3/h4-9H,1-3H3. The van der Waals surface area contributed by atoms with Gasteiger partial charge in [0.05, 0.1) is 0 Å². The van der Waals surface area contributed by atoms with E-state index in [-0.39, 0.29) is 0 Å². The lowest BCUT2D eigenvalue weighted by atomic mass is 10.1. The second-order valence-corrected chi connectivity index (χ2v) is 4.70. The summed E-state index contributed by atoms with van der Waals surface area (Å²) in [5.41, 5.74) is 3.35. The van der Waals surface area contributed by atoms with Crippen molar-refractivity contribution in [1.29, 1.82) is 0 Å². The molecule has 2 heterocycles. The molecule has 5 nitrogen and oxygen atoms in total. The molecule has 0 aliphatic heterocycles. The van der Waals surface area contributed by atoms with E-state index in [1.54, 1.807) is 0 Å². The van der Waals surface area contributed by atoms with Gasteiger partial charge in [-0.3, -0.25) is 4.40 Å². The number of aromatic nitrogens is 4. The van der Waals surface area contributed by atoms with Crippen LogP contribution in [0.5, 0.6) is 0 Å². The third-order valence-electron chi connectivity index (χ3n) is 3.13. The smallest absolute Gasteiger partial charge is 0.254 e. The van der Waals surface area contributed by atoms with E-state index in [9.17, 15) is 0 Å². The van der Waals surface area contributed by atoms with E-state index >= 15 is 0 Å². The molecular formula is C14H15N5. The van der Waals surface area contributed by atoms with Crippen LogP contribution in [0.4, 0.5) is 5.69 Å². The Bertz CT molecular complexity index is 730. The van der Waals surface area contributed by atoms with Gasteiger partial charge in [0.2, 0.25) is 0 Å². The minimum absolute atomic E-state index is 0.630. The Morgan fingerprint density at radius 3 is 2.74 bits per heavy atom. The van der Waals surface area contributed by atoms with Crippen molar-refractivity contribution in [2.75, 3.05) is 19.0 Å². The molecule has 0 N–H and O–H groups in total. The maximum atomic E-state index is 4.33. The van der Waals surface area contributed by atoms with Crippen LogP contribution in [0.25, 0.3) is 16.9 Å². The predicted molar refractivity (Wildman–Crippen MR) is 75.3 cm³/mol. The average Bonchev–Trinajstić information content (AvgIpc) is 2.80. The third kappa shape index (κ3) is 2.03. The number of hydrogen-bond acceptors (Lipinski definition) is 4. The van der Waals surface area contributed by atoms with E-state index in [4.69, 9.17) is 0 Å². The Hall–Kier alpha value is -2.43. The Labute approximate surface area is 111 Å². The molecule has 0 fully saturated rings. The zero-order valence-electron chi connectivity index (χ0n) is 11.2. The van der Waals surface area contributed by atoms with Crippen LogP contribution in [0, 0.1) is 6.92 Å². The molecule has 0 unspecified atom stereocenters. The fourth-order valence-electron chi connectivity index (χ4n) is 2.01. The molecule has 0 saturated heterocycles. The van der Waals surface area contributed by atoms with Crippen LogP contribution in [0.1, 0.15) is 5.82 Å². The topological polar surface area (TPSA) is 46.3 Å². The Balaban J connectivity index is 2.13. The Kier molecular flexibility index (Phi) is 2.67. The quantitative estimate of drug-likeness (QED) is 0.702. The van der Waals surface area contributed by atoms with E-state index in [2.05, 4.69) is 38.3 Å². The summed E-state index contributed by atoms with van der Waals surface area (Å²) in [6.45, 7) is 1.92. The van der Waals surface area contributed by atoms with E-state index in [1.165, 1.54) is 0 Å². The molecule has 5 heteroatoms. The normalized spacial score (nSPS) is 10.9. The SMILES string of the molecule is Cc1nnc2ncc(-c3cccc(N(C)C)c3)cn12. The van der Waals surface area contributed by atoms with Crippen LogP contribution in [-0.2, 0) is 0 Å². The predicted octanol–water partition coefficient (Wildman–Crippen LogP) is 2.17. The Morgan fingerprint density at radius 1 is 1.11 bits per heavy atom. The van der Waals surface area contributed by atoms with Crippen LogP contribution in [0.2, 0.25) is 0 Å². The van der Waals surface area contributed by atoms with E-state index in [1.807, 2.05) is 43.9 Å². The minimum atomic E-state index is 0.630. The van der Waals surface area contributed by atoms with Crippen molar-refractivity contribution >= 4 is 11.5 Å². The van der Waals surface area contributed by atoms with Crippen molar-refractivity contribution in [2.24, 2.45) is 0 Å². The molecule has 0 atom stereocenters. The summed E-state index contributed by atoms with van der Waals surface area (Å²) in [6, 6.07) is 8.35. The molecule has 0 saturated carbocycles. The van der Waals surface area contributed by atoms with E-state index in [0.717, 1.165) is 22.6 Å². The molecule has 0 amide bonds. The fourth-order valence-corrected chi connectivity index (χ4v) is 2.01. The summed E-state index contributed by atoms with van der Waals surface area (Å²) in [6.07, 6.45) is 3.85.